The Balaban J connectivity index is 1.54. The molecule has 4 rings (SSSR count). The largest absolute Gasteiger partial charge is 0.493 e. The van der Waals surface area contributed by atoms with Gasteiger partial charge in [-0.15, -0.1) is 0 Å². The lowest BCUT2D eigenvalue weighted by Gasteiger charge is -2.21. The first-order chi connectivity index (χ1) is 13.4. The van der Waals surface area contributed by atoms with E-state index in [-0.39, 0.29) is 12.5 Å². The lowest BCUT2D eigenvalue weighted by molar-refractivity contribution is -0.116. The highest BCUT2D eigenvalue weighted by Crippen LogP contribution is 2.58. The molecule has 2 fully saturated rings. The van der Waals surface area contributed by atoms with E-state index in [9.17, 15) is 13.2 Å². The van der Waals surface area contributed by atoms with Gasteiger partial charge in [-0.1, -0.05) is 30.3 Å². The number of anilines is 1. The van der Waals surface area contributed by atoms with Gasteiger partial charge in [0.15, 0.2) is 16.2 Å². The second-order valence-corrected chi connectivity index (χ2v) is 9.29. The van der Waals surface area contributed by atoms with E-state index in [1.165, 1.54) is 18.5 Å². The van der Waals surface area contributed by atoms with Crippen molar-refractivity contribution >= 4 is 21.6 Å². The number of hydrogen-bond acceptors (Lipinski definition) is 5. The van der Waals surface area contributed by atoms with Crippen LogP contribution >= 0.6 is 0 Å². The molecule has 7 nitrogen and oxygen atoms in total. The molecule has 2 atom stereocenters. The molecule has 2 aliphatic rings. The van der Waals surface area contributed by atoms with Crippen LogP contribution in [0.2, 0.25) is 0 Å². The molecule has 1 saturated heterocycles. The van der Waals surface area contributed by atoms with Crippen molar-refractivity contribution in [1.29, 1.82) is 0 Å². The Morgan fingerprint density at radius 2 is 1.86 bits per heavy atom. The van der Waals surface area contributed by atoms with Gasteiger partial charge in [0.2, 0.25) is 15.9 Å². The van der Waals surface area contributed by atoms with Crippen LogP contribution in [0, 0.1) is 5.92 Å². The van der Waals surface area contributed by atoms with Crippen LogP contribution in [0.5, 0.6) is 11.5 Å². The maximum absolute atomic E-state index is 13.1. The SMILES string of the molecule is COc1ccc(NC(=O)C23CC2CN(Cc2ccccc2)S3(=O)=O)cc1OC. The molecule has 2 unspecified atom stereocenters. The summed E-state index contributed by atoms with van der Waals surface area (Å²) < 4.78 is 36.8. The number of carbonyl (C=O) groups excluding carboxylic acids is 1. The second kappa shape index (κ2) is 6.79. The highest BCUT2D eigenvalue weighted by molar-refractivity contribution is 7.92. The summed E-state index contributed by atoms with van der Waals surface area (Å²) in [7, 11) is -0.708. The number of fused-ring (bicyclic) bond motifs is 1. The molecule has 1 amide bonds. The zero-order valence-electron chi connectivity index (χ0n) is 15.7. The van der Waals surface area contributed by atoms with Gasteiger partial charge in [-0.25, -0.2) is 8.42 Å². The number of carbonyl (C=O) groups is 1. The summed E-state index contributed by atoms with van der Waals surface area (Å²) in [5.41, 5.74) is 1.38. The maximum Gasteiger partial charge on any atom is 0.247 e. The summed E-state index contributed by atoms with van der Waals surface area (Å²) in [5.74, 6) is 0.331. The molecule has 1 saturated carbocycles. The van der Waals surface area contributed by atoms with Gasteiger partial charge in [0.25, 0.3) is 0 Å². The lowest BCUT2D eigenvalue weighted by atomic mass is 10.2. The smallest absolute Gasteiger partial charge is 0.247 e. The van der Waals surface area contributed by atoms with Crippen LogP contribution < -0.4 is 14.8 Å². The van der Waals surface area contributed by atoms with Crippen molar-refractivity contribution in [2.45, 2.75) is 17.7 Å². The number of benzene rings is 2. The van der Waals surface area contributed by atoms with Crippen LogP contribution in [0.1, 0.15) is 12.0 Å². The molecule has 148 valence electrons. The Bertz CT molecular complexity index is 1010. The minimum Gasteiger partial charge on any atom is -0.493 e. The highest BCUT2D eigenvalue weighted by Gasteiger charge is 2.75. The van der Waals surface area contributed by atoms with Crippen LogP contribution in [0.4, 0.5) is 5.69 Å². The van der Waals surface area contributed by atoms with Crippen molar-refractivity contribution in [2.75, 3.05) is 26.1 Å². The first-order valence-electron chi connectivity index (χ1n) is 8.99. The molecule has 0 spiro atoms. The van der Waals surface area contributed by atoms with Crippen molar-refractivity contribution in [2.24, 2.45) is 5.92 Å². The zero-order valence-corrected chi connectivity index (χ0v) is 16.5. The quantitative estimate of drug-likeness (QED) is 0.801. The fourth-order valence-electron chi connectivity index (χ4n) is 3.89. The van der Waals surface area contributed by atoms with Gasteiger partial charge in [-0.05, 0) is 24.1 Å². The monoisotopic (exact) mass is 402 g/mol. The number of hydrogen-bond donors (Lipinski definition) is 1. The predicted octanol–water partition coefficient (Wildman–Crippen LogP) is 2.25. The Morgan fingerprint density at radius 3 is 2.54 bits per heavy atom. The molecule has 0 radical (unpaired) electrons. The molecule has 1 heterocycles. The maximum atomic E-state index is 13.1. The Hall–Kier alpha value is -2.58. The molecule has 1 aliphatic carbocycles. The van der Waals surface area contributed by atoms with Crippen LogP contribution in [0.15, 0.2) is 48.5 Å². The predicted molar refractivity (Wildman–Crippen MR) is 105 cm³/mol. The van der Waals surface area contributed by atoms with E-state index in [0.29, 0.717) is 30.2 Å². The zero-order chi connectivity index (χ0) is 19.9. The van der Waals surface area contributed by atoms with Gasteiger partial charge in [-0.2, -0.15) is 4.31 Å². The average Bonchev–Trinajstić information content (AvgIpc) is 3.39. The minimum atomic E-state index is -3.73. The summed E-state index contributed by atoms with van der Waals surface area (Å²) in [4.78, 5) is 13.0. The Kier molecular flexibility index (Phi) is 4.55. The summed E-state index contributed by atoms with van der Waals surface area (Å²) in [5, 5.41) is 2.75. The number of amides is 1. The van der Waals surface area contributed by atoms with Crippen molar-refractivity contribution in [3.63, 3.8) is 0 Å². The number of nitrogens with one attached hydrogen (secondary N) is 1. The number of rotatable bonds is 6. The highest BCUT2D eigenvalue weighted by atomic mass is 32.2. The second-order valence-electron chi connectivity index (χ2n) is 7.10. The number of ether oxygens (including phenoxy) is 2. The Labute approximate surface area is 164 Å². The third-order valence-corrected chi connectivity index (χ3v) is 8.06. The third-order valence-electron chi connectivity index (χ3n) is 5.50. The minimum absolute atomic E-state index is 0.179. The van der Waals surface area contributed by atoms with Gasteiger partial charge >= 0.3 is 0 Å². The molecular weight excluding hydrogens is 380 g/mol. The third kappa shape index (κ3) is 2.84. The van der Waals surface area contributed by atoms with E-state index in [1.54, 1.807) is 18.2 Å². The number of methoxy groups -OCH3 is 2. The van der Waals surface area contributed by atoms with Gasteiger partial charge in [0.05, 0.1) is 14.2 Å². The topological polar surface area (TPSA) is 84.9 Å². The normalized spacial score (nSPS) is 25.0. The fourth-order valence-corrected chi connectivity index (χ4v) is 6.24. The summed E-state index contributed by atoms with van der Waals surface area (Å²) >= 11 is 0. The lowest BCUT2D eigenvalue weighted by Crippen LogP contribution is -2.41. The fraction of sp³-hybridized carbons (Fsp3) is 0.350. The summed E-state index contributed by atoms with van der Waals surface area (Å²) in [6, 6.07) is 14.4. The van der Waals surface area contributed by atoms with Crippen molar-refractivity contribution < 1.29 is 22.7 Å². The van der Waals surface area contributed by atoms with Crippen LogP contribution in [0.25, 0.3) is 0 Å². The van der Waals surface area contributed by atoms with Crippen molar-refractivity contribution in [3.8, 4) is 11.5 Å². The first-order valence-corrected chi connectivity index (χ1v) is 10.4. The Morgan fingerprint density at radius 1 is 1.14 bits per heavy atom. The molecule has 1 N–H and O–H groups in total. The molecule has 0 bridgehead atoms. The molecule has 2 aromatic rings. The van der Waals surface area contributed by atoms with Gasteiger partial charge in [0, 0.05) is 30.8 Å². The van der Waals surface area contributed by atoms with E-state index in [2.05, 4.69) is 5.32 Å². The molecule has 28 heavy (non-hydrogen) atoms. The molecule has 0 aromatic heterocycles. The van der Waals surface area contributed by atoms with E-state index in [4.69, 9.17) is 9.47 Å². The number of nitrogens with zero attached hydrogens (tertiary/aromatic N) is 1. The summed E-state index contributed by atoms with van der Waals surface area (Å²) in [6.07, 6.45) is 0.361. The molecular formula is C20H22N2O5S. The molecule has 1 aliphatic heterocycles. The van der Waals surface area contributed by atoms with Crippen LogP contribution in [-0.4, -0.2) is 44.1 Å². The van der Waals surface area contributed by atoms with Gasteiger partial charge in [0.1, 0.15) is 0 Å². The van der Waals surface area contributed by atoms with E-state index in [0.717, 1.165) is 5.56 Å². The van der Waals surface area contributed by atoms with Crippen molar-refractivity contribution in [1.82, 2.24) is 4.31 Å². The van der Waals surface area contributed by atoms with E-state index >= 15 is 0 Å². The first kappa shape index (κ1) is 18.8. The van der Waals surface area contributed by atoms with E-state index in [1.807, 2.05) is 30.3 Å². The molecule has 8 heteroatoms. The molecule has 2 aromatic carbocycles. The van der Waals surface area contributed by atoms with Crippen LogP contribution in [0.3, 0.4) is 0 Å². The standard InChI is InChI=1S/C20H22N2O5S/c1-26-17-9-8-16(10-18(17)27-2)21-19(23)20-11-15(20)13-22(28(20,24)25)12-14-6-4-3-5-7-14/h3-10,15H,11-13H2,1-2H3,(H,21,23). The van der Waals surface area contributed by atoms with Crippen LogP contribution in [-0.2, 0) is 21.4 Å². The number of sulfonamides is 1. The van der Waals surface area contributed by atoms with E-state index < -0.39 is 20.7 Å². The van der Waals surface area contributed by atoms with Gasteiger partial charge < -0.3 is 14.8 Å². The van der Waals surface area contributed by atoms with Gasteiger partial charge in [-0.3, -0.25) is 4.79 Å². The summed E-state index contributed by atoms with van der Waals surface area (Å²) in [6.45, 7) is 0.654. The average molecular weight is 402 g/mol. The van der Waals surface area contributed by atoms with Crippen molar-refractivity contribution in [3.05, 3.63) is 54.1 Å².